The van der Waals surface area contributed by atoms with Crippen LogP contribution >= 0.6 is 11.6 Å². The topological polar surface area (TPSA) is 17.1 Å². The highest BCUT2D eigenvalue weighted by molar-refractivity contribution is 6.35. The van der Waals surface area contributed by atoms with Gasteiger partial charge in [0.25, 0.3) is 0 Å². The van der Waals surface area contributed by atoms with Crippen molar-refractivity contribution in [3.63, 3.8) is 0 Å². The normalized spacial score (nSPS) is 11.4. The molecule has 0 aromatic heterocycles. The van der Waals surface area contributed by atoms with Gasteiger partial charge < -0.3 is 0 Å². The van der Waals surface area contributed by atoms with Crippen molar-refractivity contribution < 1.29 is 4.79 Å². The molecule has 0 spiro atoms. The van der Waals surface area contributed by atoms with Crippen LogP contribution in [0.25, 0.3) is 0 Å². The Morgan fingerprint density at radius 3 is 2.21 bits per heavy atom. The highest BCUT2D eigenvalue weighted by atomic mass is 35.5. The lowest BCUT2D eigenvalue weighted by Crippen LogP contribution is -2.13. The van der Waals surface area contributed by atoms with Crippen LogP contribution in [0.15, 0.2) is 48.5 Å². The molecule has 1 nitrogen and oxygen atoms in total. The number of carbonyl (C=O) groups is 1. The van der Waals surface area contributed by atoms with Crippen molar-refractivity contribution in [3.05, 3.63) is 70.2 Å². The SMILES string of the molecule is CC(C)(C)c1ccc(Cl)c(C(=O)c2ccccc2)c1. The summed E-state index contributed by atoms with van der Waals surface area (Å²) in [5.41, 5.74) is 2.34. The van der Waals surface area contributed by atoms with Crippen molar-refractivity contribution in [1.29, 1.82) is 0 Å². The van der Waals surface area contributed by atoms with Crippen LogP contribution in [0.4, 0.5) is 0 Å². The fourth-order valence-electron chi connectivity index (χ4n) is 1.91. The molecule has 98 valence electrons. The molecule has 0 unspecified atom stereocenters. The van der Waals surface area contributed by atoms with Crippen molar-refractivity contribution in [1.82, 2.24) is 0 Å². The van der Waals surface area contributed by atoms with Crippen LogP contribution < -0.4 is 0 Å². The van der Waals surface area contributed by atoms with Gasteiger partial charge in [-0.1, -0.05) is 68.8 Å². The average Bonchev–Trinajstić information content (AvgIpc) is 2.38. The van der Waals surface area contributed by atoms with Gasteiger partial charge in [0.05, 0.1) is 5.02 Å². The van der Waals surface area contributed by atoms with Gasteiger partial charge in [-0.3, -0.25) is 4.79 Å². The summed E-state index contributed by atoms with van der Waals surface area (Å²) in [6.45, 7) is 6.35. The number of benzene rings is 2. The molecule has 0 heterocycles. The Hall–Kier alpha value is -1.60. The molecule has 0 saturated heterocycles. The van der Waals surface area contributed by atoms with Crippen LogP contribution in [-0.4, -0.2) is 5.78 Å². The van der Waals surface area contributed by atoms with E-state index in [0.29, 0.717) is 16.1 Å². The van der Waals surface area contributed by atoms with E-state index in [1.165, 1.54) is 0 Å². The summed E-state index contributed by atoms with van der Waals surface area (Å²) >= 11 is 6.17. The smallest absolute Gasteiger partial charge is 0.194 e. The minimum absolute atomic E-state index is 0.00366. The van der Waals surface area contributed by atoms with E-state index in [2.05, 4.69) is 20.8 Å². The Morgan fingerprint density at radius 1 is 1.00 bits per heavy atom. The van der Waals surface area contributed by atoms with Gasteiger partial charge in [-0.15, -0.1) is 0 Å². The van der Waals surface area contributed by atoms with Gasteiger partial charge in [-0.05, 0) is 23.1 Å². The van der Waals surface area contributed by atoms with E-state index < -0.39 is 0 Å². The molecule has 0 N–H and O–H groups in total. The maximum atomic E-state index is 12.5. The summed E-state index contributed by atoms with van der Waals surface area (Å²) in [7, 11) is 0. The molecule has 2 aromatic carbocycles. The Balaban J connectivity index is 2.48. The van der Waals surface area contributed by atoms with Crippen LogP contribution in [0, 0.1) is 0 Å². The van der Waals surface area contributed by atoms with Gasteiger partial charge in [0, 0.05) is 11.1 Å². The second kappa shape index (κ2) is 5.18. The summed E-state index contributed by atoms with van der Waals surface area (Å²) < 4.78 is 0. The van der Waals surface area contributed by atoms with E-state index in [-0.39, 0.29) is 11.2 Å². The highest BCUT2D eigenvalue weighted by Crippen LogP contribution is 2.28. The Bertz CT molecular complexity index is 594. The van der Waals surface area contributed by atoms with Gasteiger partial charge >= 0.3 is 0 Å². The summed E-state index contributed by atoms with van der Waals surface area (Å²) in [5.74, 6) is -0.0308. The van der Waals surface area contributed by atoms with Crippen LogP contribution in [0.2, 0.25) is 5.02 Å². The van der Waals surface area contributed by atoms with Gasteiger partial charge in [0.15, 0.2) is 5.78 Å². The first-order chi connectivity index (χ1) is 8.89. The maximum absolute atomic E-state index is 12.5. The molecule has 0 amide bonds. The number of halogens is 1. The van der Waals surface area contributed by atoms with Crippen LogP contribution in [0.1, 0.15) is 42.3 Å². The second-order valence-corrected chi connectivity index (χ2v) is 6.05. The van der Waals surface area contributed by atoms with E-state index in [9.17, 15) is 4.79 Å². The summed E-state index contributed by atoms with van der Waals surface area (Å²) in [4.78, 5) is 12.5. The Morgan fingerprint density at radius 2 is 1.63 bits per heavy atom. The predicted octanol–water partition coefficient (Wildman–Crippen LogP) is 4.87. The third kappa shape index (κ3) is 3.05. The molecule has 2 aromatic rings. The predicted molar refractivity (Wildman–Crippen MR) is 80.0 cm³/mol. The van der Waals surface area contributed by atoms with Crippen molar-refractivity contribution in [2.75, 3.05) is 0 Å². The molecule has 0 saturated carbocycles. The summed E-state index contributed by atoms with van der Waals surface area (Å²) in [5, 5.41) is 0.502. The van der Waals surface area contributed by atoms with Gasteiger partial charge in [-0.2, -0.15) is 0 Å². The zero-order chi connectivity index (χ0) is 14.0. The van der Waals surface area contributed by atoms with E-state index >= 15 is 0 Å². The highest BCUT2D eigenvalue weighted by Gasteiger charge is 2.18. The minimum atomic E-state index is -0.0308. The Labute approximate surface area is 119 Å². The maximum Gasteiger partial charge on any atom is 0.194 e. The largest absolute Gasteiger partial charge is 0.289 e. The molecule has 0 aliphatic carbocycles. The van der Waals surface area contributed by atoms with Crippen LogP contribution in [-0.2, 0) is 5.41 Å². The molecule has 0 aliphatic heterocycles. The first kappa shape index (κ1) is 13.8. The molecular formula is C17H17ClO. The molecule has 0 bridgehead atoms. The molecule has 2 rings (SSSR count). The van der Waals surface area contributed by atoms with E-state index in [1.807, 2.05) is 42.5 Å². The van der Waals surface area contributed by atoms with Gasteiger partial charge in [-0.25, -0.2) is 0 Å². The summed E-state index contributed by atoms with van der Waals surface area (Å²) in [6.07, 6.45) is 0. The number of carbonyl (C=O) groups excluding carboxylic acids is 1. The molecule has 0 radical (unpaired) electrons. The lowest BCUT2D eigenvalue weighted by molar-refractivity contribution is 0.103. The number of hydrogen-bond acceptors (Lipinski definition) is 1. The van der Waals surface area contributed by atoms with Crippen molar-refractivity contribution in [2.45, 2.75) is 26.2 Å². The first-order valence-corrected chi connectivity index (χ1v) is 6.67. The molecule has 19 heavy (non-hydrogen) atoms. The molecule has 0 aliphatic rings. The quantitative estimate of drug-likeness (QED) is 0.713. The number of rotatable bonds is 2. The molecule has 0 atom stereocenters. The lowest BCUT2D eigenvalue weighted by Gasteiger charge is -2.20. The second-order valence-electron chi connectivity index (χ2n) is 5.64. The third-order valence-electron chi connectivity index (χ3n) is 3.11. The monoisotopic (exact) mass is 272 g/mol. The Kier molecular flexibility index (Phi) is 3.77. The zero-order valence-electron chi connectivity index (χ0n) is 11.4. The fourth-order valence-corrected chi connectivity index (χ4v) is 2.11. The lowest BCUT2D eigenvalue weighted by atomic mass is 9.85. The zero-order valence-corrected chi connectivity index (χ0v) is 12.2. The molecule has 0 fully saturated rings. The minimum Gasteiger partial charge on any atom is -0.289 e. The van der Waals surface area contributed by atoms with E-state index in [1.54, 1.807) is 6.07 Å². The fraction of sp³-hybridized carbons (Fsp3) is 0.235. The van der Waals surface area contributed by atoms with Crippen molar-refractivity contribution in [2.24, 2.45) is 0 Å². The van der Waals surface area contributed by atoms with Gasteiger partial charge in [0.1, 0.15) is 0 Å². The average molecular weight is 273 g/mol. The van der Waals surface area contributed by atoms with Crippen LogP contribution in [0.3, 0.4) is 0 Å². The summed E-state index contributed by atoms with van der Waals surface area (Å²) in [6, 6.07) is 14.9. The molecular weight excluding hydrogens is 256 g/mol. The van der Waals surface area contributed by atoms with Gasteiger partial charge in [0.2, 0.25) is 0 Å². The third-order valence-corrected chi connectivity index (χ3v) is 3.44. The number of hydrogen-bond donors (Lipinski definition) is 0. The molecule has 2 heteroatoms. The van der Waals surface area contributed by atoms with E-state index in [4.69, 9.17) is 11.6 Å². The first-order valence-electron chi connectivity index (χ1n) is 6.29. The van der Waals surface area contributed by atoms with Crippen molar-refractivity contribution >= 4 is 17.4 Å². The standard InChI is InChI=1S/C17H17ClO/c1-17(2,3)13-9-10-15(18)14(11-13)16(19)12-7-5-4-6-8-12/h4-11H,1-3H3. The van der Waals surface area contributed by atoms with E-state index in [0.717, 1.165) is 5.56 Å². The number of ketones is 1. The van der Waals surface area contributed by atoms with Crippen molar-refractivity contribution in [3.8, 4) is 0 Å². The van der Waals surface area contributed by atoms with Crippen LogP contribution in [0.5, 0.6) is 0 Å².